The number of likely N-dealkylation sites (N-methyl/N-ethyl adjacent to an activating group) is 1. The molecule has 2 aliphatic rings. The summed E-state index contributed by atoms with van der Waals surface area (Å²) in [5.41, 5.74) is 3.63. The third-order valence-corrected chi connectivity index (χ3v) is 7.49. The maximum absolute atomic E-state index is 14.9. The highest BCUT2D eigenvalue weighted by Gasteiger charge is 2.24. The molecule has 0 atom stereocenters. The normalized spacial score (nSPS) is 14.7. The lowest BCUT2D eigenvalue weighted by Crippen LogP contribution is -2.30. The van der Waals surface area contributed by atoms with E-state index in [1.165, 1.54) is 6.07 Å². The lowest BCUT2D eigenvalue weighted by molar-refractivity contribution is 0.199. The molecule has 0 radical (unpaired) electrons. The molecule has 2 aromatic heterocycles. The first-order chi connectivity index (χ1) is 18.0. The van der Waals surface area contributed by atoms with Crippen LogP contribution in [0.3, 0.4) is 0 Å². The molecule has 0 amide bonds. The number of pyridine rings is 1. The van der Waals surface area contributed by atoms with Crippen molar-refractivity contribution >= 4 is 45.8 Å². The van der Waals surface area contributed by atoms with Crippen molar-refractivity contribution < 1.29 is 13.9 Å². The molecule has 7 nitrogen and oxygen atoms in total. The van der Waals surface area contributed by atoms with E-state index in [-0.39, 0.29) is 5.75 Å². The molecule has 3 N–H and O–H groups in total. The lowest BCUT2D eigenvalue weighted by Gasteiger charge is -2.24. The highest BCUT2D eigenvalue weighted by atomic mass is 32.1. The molecule has 0 unspecified atom stereocenters. The summed E-state index contributed by atoms with van der Waals surface area (Å²) in [5, 5.41) is 10.1. The Hall–Kier alpha value is -3.05. The number of ether oxygens (including phenoxy) is 2. The Morgan fingerprint density at radius 3 is 2.84 bits per heavy atom. The number of nitrogens with one attached hydrogen (secondary N) is 3. The van der Waals surface area contributed by atoms with Gasteiger partial charge in [-0.05, 0) is 61.0 Å². The Bertz CT molecular complexity index is 1290. The molecule has 5 rings (SSSR count). The number of benzene rings is 1. The van der Waals surface area contributed by atoms with Crippen LogP contribution in [-0.4, -0.2) is 50.0 Å². The largest absolute Gasteiger partial charge is 0.453 e. The van der Waals surface area contributed by atoms with Crippen LogP contribution in [0.5, 0.6) is 5.75 Å². The van der Waals surface area contributed by atoms with Crippen LogP contribution in [0.2, 0.25) is 0 Å². The summed E-state index contributed by atoms with van der Waals surface area (Å²) in [6.45, 7) is 2.88. The van der Waals surface area contributed by atoms with Gasteiger partial charge in [0, 0.05) is 57.8 Å². The molecule has 0 spiro atoms. The summed E-state index contributed by atoms with van der Waals surface area (Å²) in [7, 11) is 3.72. The molecule has 1 fully saturated rings. The predicted octanol–water partition coefficient (Wildman–Crippen LogP) is 5.00. The highest BCUT2D eigenvalue weighted by Crippen LogP contribution is 2.43. The molecule has 3 heterocycles. The van der Waals surface area contributed by atoms with Crippen LogP contribution >= 0.6 is 23.6 Å². The second-order valence-electron chi connectivity index (χ2n) is 9.12. The van der Waals surface area contributed by atoms with E-state index in [4.69, 9.17) is 21.7 Å². The Morgan fingerprint density at radius 2 is 2.11 bits per heavy atom. The van der Waals surface area contributed by atoms with E-state index in [0.29, 0.717) is 35.8 Å². The van der Waals surface area contributed by atoms with Gasteiger partial charge in [0.05, 0.1) is 27.7 Å². The van der Waals surface area contributed by atoms with Crippen LogP contribution in [-0.2, 0) is 11.3 Å². The molecule has 1 aromatic carbocycles. The summed E-state index contributed by atoms with van der Waals surface area (Å²) in [6, 6.07) is 11.5. The van der Waals surface area contributed by atoms with E-state index < -0.39 is 5.82 Å². The maximum Gasteiger partial charge on any atom is 0.170 e. The number of rotatable bonds is 10. The highest BCUT2D eigenvalue weighted by molar-refractivity contribution is 7.80. The van der Waals surface area contributed by atoms with Gasteiger partial charge in [-0.15, -0.1) is 11.3 Å². The van der Waals surface area contributed by atoms with E-state index in [2.05, 4.69) is 38.0 Å². The molecule has 37 heavy (non-hydrogen) atoms. The fraction of sp³-hybridized carbons (Fsp3) is 0.333. The van der Waals surface area contributed by atoms with Gasteiger partial charge < -0.3 is 30.3 Å². The summed E-state index contributed by atoms with van der Waals surface area (Å²) >= 11 is 6.88. The van der Waals surface area contributed by atoms with Gasteiger partial charge in [0.2, 0.25) is 0 Å². The van der Waals surface area contributed by atoms with E-state index in [1.54, 1.807) is 30.6 Å². The number of thiocarbonyl (C=S) groups is 1. The second kappa shape index (κ2) is 11.6. The van der Waals surface area contributed by atoms with Crippen molar-refractivity contribution in [3.8, 4) is 16.3 Å². The number of fused-ring (bicyclic) bond motifs is 1. The number of hydrogen-bond acceptors (Lipinski definition) is 7. The van der Waals surface area contributed by atoms with E-state index in [0.717, 1.165) is 52.6 Å². The maximum atomic E-state index is 14.9. The van der Waals surface area contributed by atoms with Gasteiger partial charge in [-0.25, -0.2) is 4.39 Å². The van der Waals surface area contributed by atoms with Crippen LogP contribution in [0.4, 0.5) is 15.8 Å². The Morgan fingerprint density at radius 1 is 1.24 bits per heavy atom. The lowest BCUT2D eigenvalue weighted by atomic mass is 10.2. The Kier molecular flexibility index (Phi) is 7.99. The van der Waals surface area contributed by atoms with E-state index in [1.807, 2.05) is 25.4 Å². The van der Waals surface area contributed by atoms with Crippen LogP contribution in [0.25, 0.3) is 16.3 Å². The quantitative estimate of drug-likeness (QED) is 0.246. The third-order valence-electron chi connectivity index (χ3n) is 6.11. The minimum atomic E-state index is -0.450. The molecule has 0 bridgehead atoms. The summed E-state index contributed by atoms with van der Waals surface area (Å²) in [5.74, 6) is 0.370. The molecule has 1 aliphatic carbocycles. The molecule has 1 aliphatic heterocycles. The predicted molar refractivity (Wildman–Crippen MR) is 152 cm³/mol. The number of methoxy groups -OCH3 is 1. The fourth-order valence-electron chi connectivity index (χ4n) is 3.91. The van der Waals surface area contributed by atoms with Gasteiger partial charge in [-0.2, -0.15) is 0 Å². The summed E-state index contributed by atoms with van der Waals surface area (Å²) in [6.07, 6.45) is 6.11. The first-order valence-corrected chi connectivity index (χ1v) is 13.5. The number of thiophene rings is 1. The average Bonchev–Trinajstić information content (AvgIpc) is 3.58. The number of hydrogen-bond donors (Lipinski definition) is 3. The molecule has 3 aromatic rings. The van der Waals surface area contributed by atoms with Crippen LogP contribution in [0.15, 0.2) is 48.7 Å². The molecule has 194 valence electrons. The zero-order valence-corrected chi connectivity index (χ0v) is 22.5. The van der Waals surface area contributed by atoms with Crippen LogP contribution in [0, 0.1) is 5.82 Å². The van der Waals surface area contributed by atoms with Crippen molar-refractivity contribution in [2.45, 2.75) is 25.4 Å². The third kappa shape index (κ3) is 6.45. The minimum Gasteiger partial charge on any atom is -0.453 e. The monoisotopic (exact) mass is 539 g/mol. The van der Waals surface area contributed by atoms with Gasteiger partial charge in [-0.3, -0.25) is 4.98 Å². The van der Waals surface area contributed by atoms with Crippen molar-refractivity contribution in [3.05, 3.63) is 64.9 Å². The van der Waals surface area contributed by atoms with E-state index in [9.17, 15) is 4.39 Å². The van der Waals surface area contributed by atoms with Gasteiger partial charge in [-0.1, -0.05) is 6.07 Å². The minimum absolute atomic E-state index is 0.173. The Balaban J connectivity index is 1.28. The van der Waals surface area contributed by atoms with Crippen LogP contribution < -0.4 is 25.6 Å². The van der Waals surface area contributed by atoms with Crippen molar-refractivity contribution in [3.63, 3.8) is 0 Å². The molecular weight excluding hydrogens is 509 g/mol. The number of anilines is 2. The van der Waals surface area contributed by atoms with Crippen LogP contribution in [0.1, 0.15) is 23.3 Å². The van der Waals surface area contributed by atoms with Gasteiger partial charge in [0.15, 0.2) is 16.7 Å². The van der Waals surface area contributed by atoms with Crippen molar-refractivity contribution in [1.82, 2.24) is 15.6 Å². The molecular formula is C27H30FN5O2S2. The Labute approximate surface area is 225 Å². The first kappa shape index (κ1) is 25.6. The smallest absolute Gasteiger partial charge is 0.170 e. The second-order valence-corrected chi connectivity index (χ2v) is 10.6. The zero-order valence-electron chi connectivity index (χ0n) is 20.8. The van der Waals surface area contributed by atoms with Gasteiger partial charge in [0.25, 0.3) is 0 Å². The molecule has 0 saturated heterocycles. The molecule has 10 heteroatoms. The van der Waals surface area contributed by atoms with Crippen molar-refractivity contribution in [2.24, 2.45) is 0 Å². The van der Waals surface area contributed by atoms with Crippen molar-refractivity contribution in [2.75, 3.05) is 44.1 Å². The SMILES string of the molecule is COCCNCc1ccc(-c2cc3c(s2)C(Oc2ccc(NC(=S)NC4CC4)cc2F)=CCN3C)nc1. The fourth-order valence-corrected chi connectivity index (χ4v) is 5.35. The van der Waals surface area contributed by atoms with Gasteiger partial charge in [0.1, 0.15) is 5.76 Å². The number of nitrogens with zero attached hydrogens (tertiary/aromatic N) is 2. The topological polar surface area (TPSA) is 70.7 Å². The summed E-state index contributed by atoms with van der Waals surface area (Å²) in [4.78, 5) is 8.80. The standard InChI is InChI=1S/C27H30FN5O2S2/c1-33-11-9-24(35-23-8-6-19(13-20(23)28)32-27(36)31-18-4-5-18)26-22(33)14-25(37-26)21-7-3-17(16-30-21)15-29-10-12-34-2/h3,6-9,13-14,16,18,29H,4-5,10-12,15H2,1-2H3,(H2,31,32,36). The summed E-state index contributed by atoms with van der Waals surface area (Å²) < 4.78 is 26.1. The zero-order chi connectivity index (χ0) is 25.8. The van der Waals surface area contributed by atoms with Crippen molar-refractivity contribution in [1.29, 1.82) is 0 Å². The first-order valence-electron chi connectivity index (χ1n) is 12.3. The number of aromatic nitrogens is 1. The van der Waals surface area contributed by atoms with Gasteiger partial charge >= 0.3 is 0 Å². The average molecular weight is 540 g/mol. The van der Waals surface area contributed by atoms with E-state index >= 15 is 0 Å². The number of halogens is 1. The molecule has 1 saturated carbocycles.